The van der Waals surface area contributed by atoms with Crippen molar-refractivity contribution < 1.29 is 30.4 Å². The predicted octanol–water partition coefficient (Wildman–Crippen LogP) is -3.20. The molecule has 0 aliphatic rings. The van der Waals surface area contributed by atoms with E-state index in [0.29, 0.717) is 26.2 Å². The second kappa shape index (κ2) is 19.3. The second-order valence-corrected chi connectivity index (χ2v) is 3.60. The third kappa shape index (κ3) is 245. The third-order valence-electron chi connectivity index (χ3n) is 0.333. The smallest absolute Gasteiger partial charge is 0.780 e. The Hall–Kier alpha value is 0.649. The third-order valence-corrected chi connectivity index (χ3v) is 0.333. The zero-order valence-electron chi connectivity index (χ0n) is 7.48. The van der Waals surface area contributed by atoms with Gasteiger partial charge in [-0.15, -0.1) is 9.05 Å². The van der Waals surface area contributed by atoms with Crippen molar-refractivity contribution in [1.29, 1.82) is 0 Å². The molecule has 1 radical (unpaired) electrons. The predicted molar refractivity (Wildman–Crippen MR) is 53.3 cm³/mol. The van der Waals surface area contributed by atoms with Crippen LogP contribution in [0.15, 0.2) is 0 Å². The molecular weight excluding hydrogens is 280 g/mol. The molecule has 0 aliphatic heterocycles. The van der Waals surface area contributed by atoms with Crippen molar-refractivity contribution in [1.82, 2.24) is 0 Å². The van der Waals surface area contributed by atoms with Crippen molar-refractivity contribution in [3.05, 3.63) is 0 Å². The molecule has 0 saturated heterocycles. The number of hydrogen-bond acceptors (Lipinski definition) is 8. The minimum atomic E-state index is -4.33. The molecule has 0 aromatic carbocycles. The van der Waals surface area contributed by atoms with Gasteiger partial charge in [0.2, 0.25) is 0 Å². The average Bonchev–Trinajstić information content (AvgIpc) is 2.01. The molecule has 8 N–H and O–H groups in total. The molecule has 0 unspecified atom stereocenters. The van der Waals surface area contributed by atoms with Crippen molar-refractivity contribution in [2.75, 3.05) is 26.2 Å². The van der Waals surface area contributed by atoms with Gasteiger partial charge in [-0.25, -0.2) is 0 Å². The van der Waals surface area contributed by atoms with E-state index in [2.05, 4.69) is 11.2 Å². The first-order chi connectivity index (χ1) is 5.83. The number of nitrogens with two attached hydrogens (primary N) is 4. The van der Waals surface area contributed by atoms with Crippen LogP contribution in [0.3, 0.4) is 0 Å². The van der Waals surface area contributed by atoms with E-state index < -0.39 is 9.05 Å². The fourth-order valence-electron chi connectivity index (χ4n) is 0. The molecule has 0 amide bonds. The Bertz CT molecular complexity index is 150. The van der Waals surface area contributed by atoms with Crippen LogP contribution in [0, 0.1) is 0 Å². The second-order valence-electron chi connectivity index (χ2n) is 1.56. The molecule has 0 spiro atoms. The van der Waals surface area contributed by atoms with Gasteiger partial charge in [0.05, 0.1) is 0 Å². The van der Waals surface area contributed by atoms with E-state index in [1.807, 2.05) is 0 Å². The van der Waals surface area contributed by atoms with Crippen LogP contribution in [0.5, 0.6) is 0 Å². The van der Waals surface area contributed by atoms with Crippen LogP contribution in [0.25, 0.3) is 0 Å². The maximum Gasteiger partial charge on any atom is 2.00 e. The van der Waals surface area contributed by atoms with E-state index in [4.69, 9.17) is 36.2 Å². The minimum Gasteiger partial charge on any atom is -0.780 e. The number of rotatable bonds is 2. The molecule has 0 bridgehead atoms. The molecule has 0 aliphatic carbocycles. The Morgan fingerprint density at radius 3 is 1.00 bits per heavy atom. The van der Waals surface area contributed by atoms with Gasteiger partial charge in [0.1, 0.15) is 0 Å². The van der Waals surface area contributed by atoms with Gasteiger partial charge in [0.25, 0.3) is 0 Å². The number of hydrogen-bond donors (Lipinski definition) is 4. The Morgan fingerprint density at radius 2 is 1.00 bits per heavy atom. The molecule has 7 nitrogen and oxygen atoms in total. The van der Waals surface area contributed by atoms with Crippen LogP contribution >= 0.6 is 0 Å². The van der Waals surface area contributed by atoms with Crippen LogP contribution < -0.4 is 22.9 Å². The van der Waals surface area contributed by atoms with Gasteiger partial charge in [-0.1, -0.05) is 0 Å². The van der Waals surface area contributed by atoms with Gasteiger partial charge < -0.3 is 32.0 Å². The Labute approximate surface area is 99.8 Å². The molecule has 0 aromatic rings. The van der Waals surface area contributed by atoms with Crippen LogP contribution in [0.2, 0.25) is 0 Å². The minimum absolute atomic E-state index is 0. The largest absolute Gasteiger partial charge is 2.00 e. The average molecular weight is 296 g/mol. The van der Waals surface area contributed by atoms with Crippen LogP contribution in [0.1, 0.15) is 0 Å². The van der Waals surface area contributed by atoms with Crippen LogP contribution in [-0.4, -0.2) is 39.5 Å². The van der Waals surface area contributed by atoms with E-state index in [9.17, 15) is 0 Å². The zero-order chi connectivity index (χ0) is 11.3. The van der Waals surface area contributed by atoms with E-state index in [1.54, 1.807) is 0 Å². The molecular formula is C4H16CuN4O3S2. The molecule has 0 rings (SSSR count). The van der Waals surface area contributed by atoms with E-state index in [0.717, 1.165) is 0 Å². The normalized spacial score (nSPS) is 8.43. The SMILES string of the molecule is NCCN.NCCN.O=S([O-])([O-])=S.[Cu+2]. The Balaban J connectivity index is -0.0000000522. The first-order valence-electron chi connectivity index (χ1n) is 3.30. The summed E-state index contributed by atoms with van der Waals surface area (Å²) < 4.78 is 26.7. The van der Waals surface area contributed by atoms with Crippen molar-refractivity contribution in [3.63, 3.8) is 0 Å². The fourth-order valence-corrected chi connectivity index (χ4v) is 0. The molecule has 0 aromatic heterocycles. The zero-order valence-corrected chi connectivity index (χ0v) is 10.1. The summed E-state index contributed by atoms with van der Waals surface area (Å²) in [5.41, 5.74) is 19.6. The van der Waals surface area contributed by atoms with Crippen molar-refractivity contribution >= 4 is 20.2 Å². The Morgan fingerprint density at radius 1 is 0.929 bits per heavy atom. The maximum absolute atomic E-state index is 8.89. The van der Waals surface area contributed by atoms with Gasteiger partial charge in [0, 0.05) is 26.2 Å². The summed E-state index contributed by atoms with van der Waals surface area (Å²) in [6.45, 7) is 2.39. The monoisotopic (exact) mass is 295 g/mol. The van der Waals surface area contributed by atoms with E-state index in [1.165, 1.54) is 0 Å². The van der Waals surface area contributed by atoms with Crippen LogP contribution in [0.4, 0.5) is 0 Å². The fraction of sp³-hybridized carbons (Fsp3) is 1.00. The van der Waals surface area contributed by atoms with Gasteiger partial charge >= 0.3 is 17.1 Å². The van der Waals surface area contributed by atoms with Gasteiger partial charge in [0.15, 0.2) is 0 Å². The summed E-state index contributed by atoms with van der Waals surface area (Å²) in [5.74, 6) is 0. The molecule has 0 saturated carbocycles. The van der Waals surface area contributed by atoms with Gasteiger partial charge in [-0.2, -0.15) is 0 Å². The molecule has 93 valence electrons. The van der Waals surface area contributed by atoms with Crippen molar-refractivity contribution in [2.45, 2.75) is 0 Å². The maximum atomic E-state index is 8.89. The van der Waals surface area contributed by atoms with E-state index in [-0.39, 0.29) is 17.1 Å². The topological polar surface area (TPSA) is 167 Å². The summed E-state index contributed by atoms with van der Waals surface area (Å²) in [6.07, 6.45) is 0. The summed E-state index contributed by atoms with van der Waals surface area (Å²) in [5, 5.41) is 0. The first-order valence-corrected chi connectivity index (χ1v) is 5.63. The molecule has 10 heteroatoms. The summed E-state index contributed by atoms with van der Waals surface area (Å²) in [4.78, 5) is 0. The quantitative estimate of drug-likeness (QED) is 0.386. The molecule has 0 fully saturated rings. The van der Waals surface area contributed by atoms with Crippen molar-refractivity contribution in [3.8, 4) is 0 Å². The molecule has 0 heterocycles. The van der Waals surface area contributed by atoms with Crippen molar-refractivity contribution in [2.24, 2.45) is 22.9 Å². The molecule has 14 heavy (non-hydrogen) atoms. The standard InChI is InChI=1S/2C2H8N2.Cu.H2O3S2/c2*3-1-2-4;;1-5(2,3)4/h2*1-4H2;;(H2,1,2,3,4)/q;;+2;/p-2. The van der Waals surface area contributed by atoms with Gasteiger partial charge in [-0.05, 0) is 11.2 Å². The first kappa shape index (κ1) is 24.1. The molecule has 0 atom stereocenters. The summed E-state index contributed by atoms with van der Waals surface area (Å²) in [7, 11) is -4.33. The van der Waals surface area contributed by atoms with Gasteiger partial charge in [-0.3, -0.25) is 4.21 Å². The van der Waals surface area contributed by atoms with Crippen LogP contribution in [-0.2, 0) is 37.3 Å². The summed E-state index contributed by atoms with van der Waals surface area (Å²) in [6, 6.07) is 0. The summed E-state index contributed by atoms with van der Waals surface area (Å²) >= 11 is 3.24. The Kier molecular flexibility index (Phi) is 33.1. The van der Waals surface area contributed by atoms with E-state index >= 15 is 0 Å².